The summed E-state index contributed by atoms with van der Waals surface area (Å²) in [6, 6.07) is 7.70. The van der Waals surface area contributed by atoms with Crippen molar-refractivity contribution in [2.45, 2.75) is 23.5 Å². The Hall–Kier alpha value is -1.47. The van der Waals surface area contributed by atoms with Crippen molar-refractivity contribution in [2.75, 3.05) is 0 Å². The molecule has 0 aliphatic heterocycles. The number of aromatic nitrogens is 5. The number of aryl methyl sites for hydroxylation is 1. The van der Waals surface area contributed by atoms with Gasteiger partial charge in [-0.25, -0.2) is 9.97 Å². The molecule has 0 amide bonds. The maximum Gasteiger partial charge on any atom is 0.201 e. The van der Waals surface area contributed by atoms with Crippen molar-refractivity contribution in [3.05, 3.63) is 40.9 Å². The van der Waals surface area contributed by atoms with E-state index in [9.17, 15) is 0 Å². The molecular formula is C12H10BrN5S. The fourth-order valence-electron chi connectivity index (χ4n) is 1.63. The molecule has 0 saturated heterocycles. The zero-order valence-electron chi connectivity index (χ0n) is 10.1. The van der Waals surface area contributed by atoms with Crippen LogP contribution in [0.25, 0.3) is 5.65 Å². The molecule has 3 heterocycles. The lowest BCUT2D eigenvalue weighted by Gasteiger charge is -2.02. The number of halogens is 1. The highest BCUT2D eigenvalue weighted by molar-refractivity contribution is 9.10. The standard InChI is InChI=1S/C12H10BrN5S/c1-2-9-14-8(13)7-11(15-9)19-12-17-16-10-5-3-4-6-18(10)12/h3-7H,2H2,1H3. The second kappa shape index (κ2) is 5.26. The van der Waals surface area contributed by atoms with Gasteiger partial charge in [0.2, 0.25) is 5.16 Å². The van der Waals surface area contributed by atoms with E-state index in [0.717, 1.165) is 32.7 Å². The minimum Gasteiger partial charge on any atom is -0.277 e. The largest absolute Gasteiger partial charge is 0.277 e. The molecule has 96 valence electrons. The van der Waals surface area contributed by atoms with Crippen molar-refractivity contribution in [3.63, 3.8) is 0 Å². The molecular weight excluding hydrogens is 326 g/mol. The van der Waals surface area contributed by atoms with E-state index in [1.54, 1.807) is 0 Å². The van der Waals surface area contributed by atoms with Crippen molar-refractivity contribution >= 4 is 33.3 Å². The third kappa shape index (κ3) is 2.62. The van der Waals surface area contributed by atoms with E-state index >= 15 is 0 Å². The Morgan fingerprint density at radius 2 is 2.16 bits per heavy atom. The summed E-state index contributed by atoms with van der Waals surface area (Å²) in [4.78, 5) is 8.77. The van der Waals surface area contributed by atoms with Crippen LogP contribution in [0.5, 0.6) is 0 Å². The van der Waals surface area contributed by atoms with Gasteiger partial charge in [0.1, 0.15) is 15.5 Å². The number of rotatable bonds is 3. The predicted octanol–water partition coefficient (Wildman–Crippen LogP) is 3.00. The quantitative estimate of drug-likeness (QED) is 0.688. The minimum absolute atomic E-state index is 0.788. The summed E-state index contributed by atoms with van der Waals surface area (Å²) in [5.74, 6) is 0.811. The number of hydrogen-bond acceptors (Lipinski definition) is 5. The van der Waals surface area contributed by atoms with Gasteiger partial charge >= 0.3 is 0 Å². The van der Waals surface area contributed by atoms with Crippen LogP contribution >= 0.6 is 27.7 Å². The molecule has 0 fully saturated rings. The van der Waals surface area contributed by atoms with Crippen LogP contribution in [0.4, 0.5) is 0 Å². The number of nitrogens with zero attached hydrogens (tertiary/aromatic N) is 5. The Morgan fingerprint density at radius 1 is 1.26 bits per heavy atom. The van der Waals surface area contributed by atoms with Crippen LogP contribution in [0.1, 0.15) is 12.7 Å². The molecule has 3 rings (SSSR count). The molecule has 0 spiro atoms. The van der Waals surface area contributed by atoms with Crippen LogP contribution in [0.3, 0.4) is 0 Å². The van der Waals surface area contributed by atoms with Gasteiger partial charge in [-0.15, -0.1) is 10.2 Å². The van der Waals surface area contributed by atoms with Gasteiger partial charge in [-0.3, -0.25) is 4.40 Å². The third-order valence-electron chi connectivity index (χ3n) is 2.51. The molecule has 3 aromatic rings. The lowest BCUT2D eigenvalue weighted by molar-refractivity contribution is 0.867. The topological polar surface area (TPSA) is 56.0 Å². The van der Waals surface area contributed by atoms with Crippen molar-refractivity contribution in [3.8, 4) is 0 Å². The van der Waals surface area contributed by atoms with Crippen LogP contribution in [-0.2, 0) is 6.42 Å². The van der Waals surface area contributed by atoms with E-state index in [2.05, 4.69) is 36.1 Å². The monoisotopic (exact) mass is 335 g/mol. The van der Waals surface area contributed by atoms with Gasteiger partial charge in [0.25, 0.3) is 0 Å². The molecule has 0 aromatic carbocycles. The molecule has 0 N–H and O–H groups in total. The summed E-state index contributed by atoms with van der Waals surface area (Å²) in [5, 5.41) is 9.95. The number of pyridine rings is 1. The second-order valence-electron chi connectivity index (χ2n) is 3.81. The summed E-state index contributed by atoms with van der Waals surface area (Å²) < 4.78 is 2.72. The maximum absolute atomic E-state index is 4.47. The van der Waals surface area contributed by atoms with E-state index < -0.39 is 0 Å². The molecule has 3 aromatic heterocycles. The Labute approximate surface area is 122 Å². The normalized spacial score (nSPS) is 11.1. The zero-order valence-corrected chi connectivity index (χ0v) is 12.5. The van der Waals surface area contributed by atoms with Crippen molar-refractivity contribution < 1.29 is 0 Å². The molecule has 0 aliphatic carbocycles. The molecule has 0 unspecified atom stereocenters. The highest BCUT2D eigenvalue weighted by Gasteiger charge is 2.09. The average molecular weight is 336 g/mol. The van der Waals surface area contributed by atoms with Gasteiger partial charge in [0.05, 0.1) is 0 Å². The first kappa shape index (κ1) is 12.6. The van der Waals surface area contributed by atoms with Gasteiger partial charge in [0.15, 0.2) is 5.65 Å². The summed E-state index contributed by atoms with van der Waals surface area (Å²) >= 11 is 4.88. The van der Waals surface area contributed by atoms with Gasteiger partial charge in [-0.2, -0.15) is 0 Å². The summed E-state index contributed by atoms with van der Waals surface area (Å²) in [6.45, 7) is 2.03. The molecule has 0 radical (unpaired) electrons. The van der Waals surface area contributed by atoms with Crippen molar-refractivity contribution in [2.24, 2.45) is 0 Å². The molecule has 5 nitrogen and oxygen atoms in total. The van der Waals surface area contributed by atoms with Crippen molar-refractivity contribution in [1.82, 2.24) is 24.6 Å². The Morgan fingerprint density at radius 3 is 3.00 bits per heavy atom. The van der Waals surface area contributed by atoms with E-state index in [1.807, 2.05) is 41.8 Å². The van der Waals surface area contributed by atoms with Crippen LogP contribution in [-0.4, -0.2) is 24.6 Å². The minimum atomic E-state index is 0.788. The van der Waals surface area contributed by atoms with Gasteiger partial charge in [-0.05, 0) is 39.8 Å². The van der Waals surface area contributed by atoms with Gasteiger partial charge in [-0.1, -0.05) is 13.0 Å². The molecule has 0 aliphatic rings. The maximum atomic E-state index is 4.47. The Kier molecular flexibility index (Phi) is 3.48. The van der Waals surface area contributed by atoms with Gasteiger partial charge < -0.3 is 0 Å². The van der Waals surface area contributed by atoms with Crippen LogP contribution < -0.4 is 0 Å². The molecule has 19 heavy (non-hydrogen) atoms. The Bertz CT molecular complexity index is 727. The zero-order chi connectivity index (χ0) is 13.2. The summed E-state index contributed by atoms with van der Waals surface area (Å²) in [7, 11) is 0. The molecule has 0 atom stereocenters. The first-order valence-corrected chi connectivity index (χ1v) is 7.38. The lowest BCUT2D eigenvalue weighted by atomic mass is 10.4. The van der Waals surface area contributed by atoms with E-state index in [4.69, 9.17) is 0 Å². The highest BCUT2D eigenvalue weighted by Crippen LogP contribution is 2.26. The molecule has 0 saturated carbocycles. The lowest BCUT2D eigenvalue weighted by Crippen LogP contribution is -1.95. The first-order valence-electron chi connectivity index (χ1n) is 5.77. The van der Waals surface area contributed by atoms with Crippen LogP contribution in [0, 0.1) is 0 Å². The number of hydrogen-bond donors (Lipinski definition) is 0. The van der Waals surface area contributed by atoms with E-state index in [0.29, 0.717) is 0 Å². The van der Waals surface area contributed by atoms with Crippen LogP contribution in [0.15, 0.2) is 45.2 Å². The average Bonchev–Trinajstić information content (AvgIpc) is 2.82. The van der Waals surface area contributed by atoms with E-state index in [1.165, 1.54) is 11.8 Å². The predicted molar refractivity (Wildman–Crippen MR) is 76.2 cm³/mol. The molecule has 7 heteroatoms. The number of fused-ring (bicyclic) bond motifs is 1. The van der Waals surface area contributed by atoms with Gasteiger partial charge in [0, 0.05) is 18.7 Å². The summed E-state index contributed by atoms with van der Waals surface area (Å²) in [5.41, 5.74) is 0.828. The second-order valence-corrected chi connectivity index (χ2v) is 5.61. The Balaban J connectivity index is 1.99. The highest BCUT2D eigenvalue weighted by atomic mass is 79.9. The van der Waals surface area contributed by atoms with E-state index in [-0.39, 0.29) is 0 Å². The van der Waals surface area contributed by atoms with Crippen molar-refractivity contribution in [1.29, 1.82) is 0 Å². The fourth-order valence-corrected chi connectivity index (χ4v) is 3.05. The third-order valence-corrected chi connectivity index (χ3v) is 3.80. The smallest absolute Gasteiger partial charge is 0.201 e. The first-order chi connectivity index (χ1) is 9.26. The molecule has 0 bridgehead atoms. The SMILES string of the molecule is CCc1nc(Br)cc(Sc2nnc3ccccn23)n1. The van der Waals surface area contributed by atoms with Crippen LogP contribution in [0.2, 0.25) is 0 Å². The summed E-state index contributed by atoms with van der Waals surface area (Å²) in [6.07, 6.45) is 2.74. The fraction of sp³-hybridized carbons (Fsp3) is 0.167.